The summed E-state index contributed by atoms with van der Waals surface area (Å²) in [5.74, 6) is 0.554. The predicted molar refractivity (Wildman–Crippen MR) is 117 cm³/mol. The van der Waals surface area contributed by atoms with E-state index < -0.39 is 11.6 Å². The molecule has 2 unspecified atom stereocenters. The molecule has 0 heterocycles. The van der Waals surface area contributed by atoms with Gasteiger partial charge >= 0.3 is 0 Å². The molecule has 1 saturated carbocycles. The molecule has 2 aromatic carbocycles. The molecule has 2 aromatic rings. The van der Waals surface area contributed by atoms with E-state index in [4.69, 9.17) is 9.47 Å². The maximum Gasteiger partial charge on any atom is 0.195 e. The highest BCUT2D eigenvalue weighted by Crippen LogP contribution is 2.43. The highest BCUT2D eigenvalue weighted by molar-refractivity contribution is 14.0. The number of hydrogen-bond donors (Lipinski definition) is 2. The van der Waals surface area contributed by atoms with E-state index in [-0.39, 0.29) is 41.5 Å². The highest BCUT2D eigenvalue weighted by atomic mass is 127. The van der Waals surface area contributed by atoms with Crippen molar-refractivity contribution in [1.29, 1.82) is 0 Å². The van der Waals surface area contributed by atoms with Crippen LogP contribution in [0.2, 0.25) is 0 Å². The third-order valence-corrected chi connectivity index (χ3v) is 4.43. The van der Waals surface area contributed by atoms with E-state index in [1.54, 1.807) is 20.2 Å². The summed E-state index contributed by atoms with van der Waals surface area (Å²) in [6.07, 6.45) is 0.644. The fourth-order valence-electron chi connectivity index (χ4n) is 3.03. The first kappa shape index (κ1) is 22.2. The molecule has 2 N–H and O–H groups in total. The minimum absolute atomic E-state index is 0. The van der Waals surface area contributed by atoms with Crippen LogP contribution < -0.4 is 20.1 Å². The molecule has 1 aliphatic carbocycles. The highest BCUT2D eigenvalue weighted by Gasteiger charge is 2.42. The van der Waals surface area contributed by atoms with Gasteiger partial charge in [0, 0.05) is 36.3 Å². The number of ether oxygens (including phenoxy) is 2. The summed E-state index contributed by atoms with van der Waals surface area (Å²) >= 11 is 0. The lowest BCUT2D eigenvalue weighted by atomic mass is 10.1. The summed E-state index contributed by atoms with van der Waals surface area (Å²) in [7, 11) is 3.22. The minimum Gasteiger partial charge on any atom is -0.493 e. The normalized spacial score (nSPS) is 18.1. The molecule has 152 valence electrons. The van der Waals surface area contributed by atoms with E-state index in [0.717, 1.165) is 5.69 Å². The predicted octanol–water partition coefficient (Wildman–Crippen LogP) is 4.53. The number of anilines is 1. The zero-order valence-corrected chi connectivity index (χ0v) is 18.3. The Kier molecular flexibility index (Phi) is 7.85. The number of guanidine groups is 1. The smallest absolute Gasteiger partial charge is 0.195 e. The summed E-state index contributed by atoms with van der Waals surface area (Å²) in [6.45, 7) is 2.45. The van der Waals surface area contributed by atoms with Crippen molar-refractivity contribution in [2.24, 2.45) is 4.99 Å². The van der Waals surface area contributed by atoms with Gasteiger partial charge in [-0.15, -0.1) is 24.0 Å². The molecule has 28 heavy (non-hydrogen) atoms. The van der Waals surface area contributed by atoms with Gasteiger partial charge in [0.1, 0.15) is 11.6 Å². The van der Waals surface area contributed by atoms with Crippen molar-refractivity contribution in [3.63, 3.8) is 0 Å². The molecule has 0 aromatic heterocycles. The van der Waals surface area contributed by atoms with Crippen LogP contribution >= 0.6 is 24.0 Å². The fraction of sp³-hybridized carbons (Fsp3) is 0.350. The Balaban J connectivity index is 0.00000280. The maximum absolute atomic E-state index is 13.9. The zero-order chi connectivity index (χ0) is 19.4. The molecule has 0 amide bonds. The molecular formula is C20H24F2IN3O2. The van der Waals surface area contributed by atoms with Gasteiger partial charge in [0.25, 0.3) is 0 Å². The van der Waals surface area contributed by atoms with Gasteiger partial charge in [0.05, 0.1) is 13.7 Å². The molecule has 5 nitrogen and oxygen atoms in total. The number of hydrogen-bond acceptors (Lipinski definition) is 3. The number of halogens is 3. The van der Waals surface area contributed by atoms with Gasteiger partial charge in [0.2, 0.25) is 0 Å². The van der Waals surface area contributed by atoms with E-state index >= 15 is 0 Å². The molecule has 0 aliphatic heterocycles. The Morgan fingerprint density at radius 3 is 2.50 bits per heavy atom. The van der Waals surface area contributed by atoms with Crippen LogP contribution in [0.5, 0.6) is 11.5 Å². The van der Waals surface area contributed by atoms with Gasteiger partial charge in [-0.05, 0) is 37.6 Å². The molecule has 0 spiro atoms. The minimum atomic E-state index is -0.511. The third kappa shape index (κ3) is 5.03. The van der Waals surface area contributed by atoms with E-state index in [1.807, 2.05) is 19.1 Å². The number of rotatable bonds is 6. The van der Waals surface area contributed by atoms with Crippen molar-refractivity contribution in [2.45, 2.75) is 25.3 Å². The second-order valence-corrected chi connectivity index (χ2v) is 6.22. The summed E-state index contributed by atoms with van der Waals surface area (Å²) < 4.78 is 38.7. The lowest BCUT2D eigenvalue weighted by Gasteiger charge is -2.15. The van der Waals surface area contributed by atoms with Gasteiger partial charge in [-0.25, -0.2) is 8.78 Å². The first-order chi connectivity index (χ1) is 13.1. The summed E-state index contributed by atoms with van der Waals surface area (Å²) in [6, 6.07) is 9.33. The summed E-state index contributed by atoms with van der Waals surface area (Å²) in [5.41, 5.74) is 0.894. The molecule has 1 fully saturated rings. The largest absolute Gasteiger partial charge is 0.493 e. The van der Waals surface area contributed by atoms with Crippen molar-refractivity contribution < 1.29 is 18.3 Å². The fourth-order valence-corrected chi connectivity index (χ4v) is 3.03. The first-order valence-corrected chi connectivity index (χ1v) is 8.82. The first-order valence-electron chi connectivity index (χ1n) is 8.82. The number of nitrogens with one attached hydrogen (secondary N) is 2. The lowest BCUT2D eigenvalue weighted by molar-refractivity contribution is 0.311. The van der Waals surface area contributed by atoms with Crippen LogP contribution in [0, 0.1) is 11.6 Å². The number of aliphatic imine (C=N–C) groups is 1. The summed E-state index contributed by atoms with van der Waals surface area (Å²) in [5, 5.41) is 6.36. The molecule has 0 radical (unpaired) electrons. The number of benzene rings is 2. The molecule has 2 atom stereocenters. The number of methoxy groups -OCH3 is 1. The zero-order valence-electron chi connectivity index (χ0n) is 16.0. The average molecular weight is 503 g/mol. The molecule has 3 rings (SSSR count). The van der Waals surface area contributed by atoms with E-state index in [1.165, 1.54) is 18.2 Å². The van der Waals surface area contributed by atoms with Gasteiger partial charge in [-0.1, -0.05) is 6.07 Å². The maximum atomic E-state index is 13.9. The third-order valence-electron chi connectivity index (χ3n) is 4.43. The van der Waals surface area contributed by atoms with E-state index in [9.17, 15) is 8.78 Å². The molecule has 8 heteroatoms. The SMILES string of the molecule is CCOc1ccc(NC(=NC)NC2CC2c2c(F)cccc2F)cc1OC.I. The number of nitrogens with zero attached hydrogens (tertiary/aromatic N) is 1. The van der Waals surface area contributed by atoms with Crippen LogP contribution in [-0.2, 0) is 0 Å². The lowest BCUT2D eigenvalue weighted by Crippen LogP contribution is -2.33. The molecular weight excluding hydrogens is 479 g/mol. The quantitative estimate of drug-likeness (QED) is 0.346. The van der Waals surface area contributed by atoms with Crippen molar-refractivity contribution in [1.82, 2.24) is 5.32 Å². The molecule has 0 bridgehead atoms. The van der Waals surface area contributed by atoms with Crippen LogP contribution in [0.3, 0.4) is 0 Å². The van der Waals surface area contributed by atoms with Crippen molar-refractivity contribution in [2.75, 3.05) is 26.1 Å². The Labute approximate surface area is 180 Å². The Bertz CT molecular complexity index is 828. The van der Waals surface area contributed by atoms with Crippen LogP contribution in [-0.4, -0.2) is 32.8 Å². The second kappa shape index (κ2) is 9.90. The van der Waals surface area contributed by atoms with Crippen LogP contribution in [0.4, 0.5) is 14.5 Å². The monoisotopic (exact) mass is 503 g/mol. The Hall–Kier alpha value is -2.10. The van der Waals surface area contributed by atoms with Crippen LogP contribution in [0.1, 0.15) is 24.8 Å². The van der Waals surface area contributed by atoms with Gasteiger partial charge in [0.15, 0.2) is 17.5 Å². The van der Waals surface area contributed by atoms with Gasteiger partial charge in [-0.2, -0.15) is 0 Å². The van der Waals surface area contributed by atoms with Gasteiger partial charge in [-0.3, -0.25) is 4.99 Å². The Morgan fingerprint density at radius 1 is 1.18 bits per heavy atom. The molecule has 1 aliphatic rings. The van der Waals surface area contributed by atoms with E-state index in [0.29, 0.717) is 30.5 Å². The van der Waals surface area contributed by atoms with Crippen molar-refractivity contribution in [3.8, 4) is 11.5 Å². The Morgan fingerprint density at radius 2 is 1.89 bits per heavy atom. The van der Waals surface area contributed by atoms with Crippen molar-refractivity contribution in [3.05, 3.63) is 53.6 Å². The topological polar surface area (TPSA) is 54.9 Å². The molecule has 0 saturated heterocycles. The average Bonchev–Trinajstić information content (AvgIpc) is 3.41. The standard InChI is InChI=1S/C20H23F2N3O2.HI/c1-4-27-17-9-8-12(10-18(17)26-3)24-20(23-2)25-16-11-13(16)19-14(21)6-5-7-15(19)22;/h5-10,13,16H,4,11H2,1-3H3,(H2,23,24,25);1H. The summed E-state index contributed by atoms with van der Waals surface area (Å²) in [4.78, 5) is 4.19. The van der Waals surface area contributed by atoms with Crippen LogP contribution in [0.25, 0.3) is 0 Å². The van der Waals surface area contributed by atoms with E-state index in [2.05, 4.69) is 15.6 Å². The van der Waals surface area contributed by atoms with Crippen LogP contribution in [0.15, 0.2) is 41.4 Å². The van der Waals surface area contributed by atoms with Crippen molar-refractivity contribution >= 4 is 35.6 Å². The van der Waals surface area contributed by atoms with Gasteiger partial charge < -0.3 is 20.1 Å². The second-order valence-electron chi connectivity index (χ2n) is 6.22.